The van der Waals surface area contributed by atoms with Gasteiger partial charge < -0.3 is 24.4 Å². The molecule has 250 valence electrons. The number of ketones is 1. The summed E-state index contributed by atoms with van der Waals surface area (Å²) in [6, 6.07) is 12.8. The number of urea groups is 1. The number of sulfonamides is 1. The fourth-order valence-electron chi connectivity index (χ4n) is 6.39. The van der Waals surface area contributed by atoms with E-state index < -0.39 is 27.5 Å². The Morgan fingerprint density at radius 2 is 1.81 bits per heavy atom. The highest BCUT2D eigenvalue weighted by molar-refractivity contribution is 7.93. The van der Waals surface area contributed by atoms with Gasteiger partial charge >= 0.3 is 6.03 Å². The number of pyridine rings is 1. The number of Topliss-reactive ketones (excluding diaryl/α,β-unsaturated/α-hetero) is 1. The summed E-state index contributed by atoms with van der Waals surface area (Å²) >= 11 is 0. The molecule has 2 saturated heterocycles. The van der Waals surface area contributed by atoms with Crippen molar-refractivity contribution in [3.8, 4) is 23.4 Å². The normalized spacial score (nSPS) is 19.7. The number of hydrogen-bond donors (Lipinski definition) is 1. The molecule has 3 aliphatic heterocycles. The van der Waals surface area contributed by atoms with E-state index in [-0.39, 0.29) is 57.3 Å². The largest absolute Gasteiger partial charge is 0.497 e. The molecule has 0 bridgehead atoms. The summed E-state index contributed by atoms with van der Waals surface area (Å²) < 4.78 is 46.1. The zero-order valence-corrected chi connectivity index (χ0v) is 27.5. The number of carbonyl (C=O) groups is 3. The summed E-state index contributed by atoms with van der Waals surface area (Å²) in [7, 11) is -1.99. The number of carbonyl (C=O) groups excluding carboxylic acids is 3. The third-order valence-corrected chi connectivity index (χ3v) is 10.7. The second-order valence-electron chi connectivity index (χ2n) is 11.5. The van der Waals surface area contributed by atoms with Crippen LogP contribution in [0, 0.1) is 11.3 Å². The second-order valence-corrected chi connectivity index (χ2v) is 13.3. The molecule has 4 heterocycles. The molecule has 0 radical (unpaired) electrons. The molecule has 1 unspecified atom stereocenters. The lowest BCUT2D eigenvalue weighted by molar-refractivity contribution is -0.122. The number of benzene rings is 2. The summed E-state index contributed by atoms with van der Waals surface area (Å²) in [6.07, 6.45) is 2.38. The van der Waals surface area contributed by atoms with Gasteiger partial charge in [0.15, 0.2) is 5.54 Å². The van der Waals surface area contributed by atoms with Crippen LogP contribution < -0.4 is 23.8 Å². The minimum absolute atomic E-state index is 0.00251. The molecule has 3 aliphatic rings. The Kier molecular flexibility index (Phi) is 8.71. The Balaban J connectivity index is 1.48. The average molecular weight is 675 g/mol. The second kappa shape index (κ2) is 12.8. The first-order valence-corrected chi connectivity index (χ1v) is 16.8. The van der Waals surface area contributed by atoms with Crippen molar-refractivity contribution in [3.63, 3.8) is 0 Å². The van der Waals surface area contributed by atoms with Crippen molar-refractivity contribution < 1.29 is 37.0 Å². The van der Waals surface area contributed by atoms with Crippen LogP contribution in [0.1, 0.15) is 36.5 Å². The maximum atomic E-state index is 15.0. The van der Waals surface area contributed by atoms with Crippen molar-refractivity contribution in [2.45, 2.75) is 36.2 Å². The molecule has 3 amide bonds. The number of nitrogens with one attached hydrogen (secondary N) is 1. The molecule has 3 aromatic rings. The van der Waals surface area contributed by atoms with E-state index in [1.165, 1.54) is 67.8 Å². The highest BCUT2D eigenvalue weighted by atomic mass is 32.2. The van der Waals surface area contributed by atoms with Gasteiger partial charge in [-0.3, -0.25) is 14.5 Å². The van der Waals surface area contributed by atoms with Gasteiger partial charge in [-0.15, -0.1) is 0 Å². The van der Waals surface area contributed by atoms with Crippen LogP contribution in [-0.4, -0.2) is 94.0 Å². The van der Waals surface area contributed by atoms with Crippen molar-refractivity contribution >= 4 is 33.4 Å². The fourth-order valence-corrected chi connectivity index (χ4v) is 8.00. The molecule has 1 aromatic heterocycles. The van der Waals surface area contributed by atoms with E-state index in [1.807, 2.05) is 6.07 Å². The van der Waals surface area contributed by atoms with E-state index in [1.54, 1.807) is 13.0 Å². The molecule has 0 spiro atoms. The SMILES string of the molecule is CCOc1ncccc1C1(NC(=O)N2CC(N3CCC(=O)CC3)C2)C(=O)N(S(=O)(=O)c2ccc(OC)cc2OC)c2ccc(C#N)cc21. The quantitative estimate of drug-likeness (QED) is 0.353. The molecule has 1 N–H and O–H groups in total. The lowest BCUT2D eigenvalue weighted by Crippen LogP contribution is -2.66. The van der Waals surface area contributed by atoms with E-state index >= 15 is 4.79 Å². The molecular weight excluding hydrogens is 640 g/mol. The molecule has 15 heteroatoms. The third-order valence-electron chi connectivity index (χ3n) is 8.92. The Bertz CT molecular complexity index is 1930. The first-order valence-electron chi connectivity index (χ1n) is 15.4. The lowest BCUT2D eigenvalue weighted by atomic mass is 9.83. The Morgan fingerprint density at radius 3 is 2.48 bits per heavy atom. The number of nitriles is 1. The van der Waals surface area contributed by atoms with Gasteiger partial charge in [-0.05, 0) is 49.4 Å². The van der Waals surface area contributed by atoms with Crippen LogP contribution in [0.2, 0.25) is 0 Å². The van der Waals surface area contributed by atoms with Gasteiger partial charge in [0.05, 0.1) is 43.7 Å². The molecule has 2 fully saturated rings. The highest BCUT2D eigenvalue weighted by Gasteiger charge is 2.59. The fraction of sp³-hybridized carbons (Fsp3) is 0.364. The molecule has 6 rings (SSSR count). The van der Waals surface area contributed by atoms with Gasteiger partial charge in [-0.1, -0.05) is 0 Å². The number of anilines is 1. The van der Waals surface area contributed by atoms with Gasteiger partial charge in [0, 0.05) is 62.9 Å². The molecule has 0 aliphatic carbocycles. The van der Waals surface area contributed by atoms with Crippen LogP contribution in [0.4, 0.5) is 10.5 Å². The first kappa shape index (κ1) is 32.7. The van der Waals surface area contributed by atoms with E-state index in [4.69, 9.17) is 14.2 Å². The zero-order valence-electron chi connectivity index (χ0n) is 26.6. The predicted molar refractivity (Wildman–Crippen MR) is 171 cm³/mol. The summed E-state index contributed by atoms with van der Waals surface area (Å²) in [5.41, 5.74) is -1.97. The van der Waals surface area contributed by atoms with Crippen LogP contribution in [0.5, 0.6) is 17.4 Å². The van der Waals surface area contributed by atoms with Crippen LogP contribution in [0.3, 0.4) is 0 Å². The van der Waals surface area contributed by atoms with Gasteiger partial charge in [0.2, 0.25) is 5.88 Å². The Labute approximate surface area is 277 Å². The van der Waals surface area contributed by atoms with Crippen LogP contribution in [0.25, 0.3) is 0 Å². The molecule has 14 nitrogen and oxygen atoms in total. The Morgan fingerprint density at radius 1 is 1.06 bits per heavy atom. The number of piperidine rings is 1. The van der Waals surface area contributed by atoms with E-state index in [0.29, 0.717) is 49.1 Å². The van der Waals surface area contributed by atoms with Crippen LogP contribution in [0.15, 0.2) is 59.6 Å². The van der Waals surface area contributed by atoms with E-state index in [9.17, 15) is 23.3 Å². The third kappa shape index (κ3) is 5.36. The van der Waals surface area contributed by atoms with Crippen molar-refractivity contribution in [1.82, 2.24) is 20.1 Å². The number of nitrogens with zero attached hydrogens (tertiary/aromatic N) is 5. The van der Waals surface area contributed by atoms with E-state index in [0.717, 1.165) is 0 Å². The zero-order chi connectivity index (χ0) is 34.2. The number of amides is 3. The summed E-state index contributed by atoms with van der Waals surface area (Å²) in [5.74, 6) is -0.547. The Hall–Kier alpha value is -5.20. The number of methoxy groups -OCH3 is 2. The highest BCUT2D eigenvalue weighted by Crippen LogP contribution is 2.50. The summed E-state index contributed by atoms with van der Waals surface area (Å²) in [5, 5.41) is 12.7. The van der Waals surface area contributed by atoms with Crippen molar-refractivity contribution in [1.29, 1.82) is 5.26 Å². The lowest BCUT2D eigenvalue weighted by Gasteiger charge is -2.47. The van der Waals surface area contributed by atoms with Gasteiger partial charge in [-0.25, -0.2) is 18.2 Å². The topological polar surface area (TPSA) is 171 Å². The van der Waals surface area contributed by atoms with Gasteiger partial charge in [-0.2, -0.15) is 9.57 Å². The van der Waals surface area contributed by atoms with Crippen LogP contribution >= 0.6 is 0 Å². The number of aromatic nitrogens is 1. The van der Waals surface area contributed by atoms with Crippen molar-refractivity contribution in [2.24, 2.45) is 0 Å². The number of ether oxygens (including phenoxy) is 3. The molecule has 2 aromatic carbocycles. The smallest absolute Gasteiger partial charge is 0.318 e. The number of likely N-dealkylation sites (tertiary alicyclic amines) is 2. The maximum Gasteiger partial charge on any atom is 0.318 e. The monoisotopic (exact) mass is 674 g/mol. The van der Waals surface area contributed by atoms with Gasteiger partial charge in [0.25, 0.3) is 15.9 Å². The summed E-state index contributed by atoms with van der Waals surface area (Å²) in [6.45, 7) is 3.78. The summed E-state index contributed by atoms with van der Waals surface area (Å²) in [4.78, 5) is 48.5. The molecule has 1 atom stereocenters. The standard InChI is InChI=1S/C33H34N6O8S/c1-4-47-30-25(6-5-13-35-30)33(36-32(42)38-19-22(20-38)37-14-11-23(40)12-15-37)26-16-21(18-34)7-9-27(26)39(31(33)41)48(43,44)29-10-8-24(45-2)17-28(29)46-3/h5-10,13,16-17,22H,4,11-12,14-15,19-20H2,1-3H3,(H,36,42). The number of hydrogen-bond acceptors (Lipinski definition) is 11. The molecule has 0 saturated carbocycles. The van der Waals surface area contributed by atoms with Crippen molar-refractivity contribution in [2.75, 3.05) is 51.3 Å². The predicted octanol–water partition coefficient (Wildman–Crippen LogP) is 2.41. The van der Waals surface area contributed by atoms with Crippen LogP contribution in [-0.2, 0) is 25.2 Å². The van der Waals surface area contributed by atoms with Gasteiger partial charge in [0.1, 0.15) is 22.2 Å². The minimum atomic E-state index is -4.71. The number of fused-ring (bicyclic) bond motifs is 1. The molecule has 48 heavy (non-hydrogen) atoms. The molecular formula is C33H34N6O8S. The number of rotatable bonds is 9. The average Bonchev–Trinajstić information content (AvgIpc) is 3.32. The minimum Gasteiger partial charge on any atom is -0.497 e. The van der Waals surface area contributed by atoms with Crippen molar-refractivity contribution in [3.05, 3.63) is 71.4 Å². The van der Waals surface area contributed by atoms with E-state index in [2.05, 4.69) is 15.2 Å². The first-order chi connectivity index (χ1) is 23.1. The maximum absolute atomic E-state index is 15.0.